The van der Waals surface area contributed by atoms with Gasteiger partial charge in [0.05, 0.1) is 60.5 Å². The Bertz CT molecular complexity index is 5170. The zero-order valence-corrected chi connectivity index (χ0v) is 75.4. The fourth-order valence-corrected chi connectivity index (χ4v) is 16.7. The Kier molecular flexibility index (Phi) is 36.1. The number of thioether (sulfide) groups is 1. The second kappa shape index (κ2) is 47.8. The van der Waals surface area contributed by atoms with Gasteiger partial charge >= 0.3 is 24.1 Å². The van der Waals surface area contributed by atoms with Gasteiger partial charge in [0.15, 0.2) is 11.6 Å². The van der Waals surface area contributed by atoms with E-state index in [-0.39, 0.29) is 107 Å². The van der Waals surface area contributed by atoms with E-state index in [0.29, 0.717) is 116 Å². The van der Waals surface area contributed by atoms with Crippen LogP contribution < -0.4 is 52.4 Å². The molecule has 8 aromatic rings. The molecule has 4 aliphatic heterocycles. The van der Waals surface area contributed by atoms with Gasteiger partial charge in [-0.3, -0.25) is 38.6 Å². The molecule has 27 nitrogen and oxygen atoms in total. The van der Waals surface area contributed by atoms with Crippen molar-refractivity contribution < 1.29 is 75.7 Å². The van der Waals surface area contributed by atoms with E-state index < -0.39 is 59.5 Å². The number of hydrazine groups is 2. The smallest absolute Gasteiger partial charge is 0.414 e. The van der Waals surface area contributed by atoms with Gasteiger partial charge in [0, 0.05) is 123 Å². The zero-order valence-electron chi connectivity index (χ0n) is 72.9. The van der Waals surface area contributed by atoms with Crippen LogP contribution in [0.3, 0.4) is 0 Å². The van der Waals surface area contributed by atoms with Crippen molar-refractivity contribution in [3.05, 3.63) is 227 Å². The number of ether oxygens (including phenoxy) is 4. The molecule has 676 valence electrons. The number of rotatable bonds is 35. The SMILES string of the molecule is CCC(=S)NC[C@H]1CN(c2ccc(N3CCN(C(=O)CCC(=O)c4ccc(NNCC(=O)C(=O)OCC5c6ccccc6-c6ccccc65)cc4)CC3)c(F)c2)C(=O)O1.CCN(CC)CC.CCSC(=S)CC.NC[C@H]1CN(c2ccc(N3CCN(C(=O)CCC(=O)c4ccc(NNCC(=O)C(=O)OCC5c6ccccc6-c6ccccc65)cc4)CC3)c(F)c2)C(=O)O1. The van der Waals surface area contributed by atoms with Crippen LogP contribution in [0.5, 0.6) is 0 Å². The number of piperazine rings is 2. The van der Waals surface area contributed by atoms with Gasteiger partial charge in [-0.25, -0.2) is 38.8 Å². The molecule has 8 aromatic carbocycles. The molecule has 14 rings (SSSR count). The summed E-state index contributed by atoms with van der Waals surface area (Å²) >= 11 is 11.9. The fourth-order valence-electron chi connectivity index (χ4n) is 15.7. The molecule has 4 saturated heterocycles. The fraction of sp³-hybridized carbons (Fsp3) is 0.375. The number of thiocarbonyl (C=S) groups is 2. The molecule has 6 aliphatic rings. The van der Waals surface area contributed by atoms with E-state index >= 15 is 8.78 Å². The van der Waals surface area contributed by atoms with Crippen molar-refractivity contribution >= 4 is 139 Å². The third-order valence-corrected chi connectivity index (χ3v) is 24.9. The Labute approximate surface area is 760 Å². The molecule has 4 heterocycles. The lowest BCUT2D eigenvalue weighted by atomic mass is 9.98. The highest BCUT2D eigenvalue weighted by Crippen LogP contribution is 2.46. The number of hydrogen-bond acceptors (Lipinski definition) is 25. The number of fused-ring (bicyclic) bond motifs is 6. The molecule has 4 amide bonds. The number of cyclic esters (lactones) is 2. The van der Waals surface area contributed by atoms with E-state index in [1.807, 2.05) is 114 Å². The molecule has 4 fully saturated rings. The molecular weight excluding hydrogens is 1690 g/mol. The van der Waals surface area contributed by atoms with Crippen LogP contribution in [0.1, 0.15) is 135 Å². The van der Waals surface area contributed by atoms with Crippen molar-refractivity contribution in [3.63, 3.8) is 0 Å². The Morgan fingerprint density at radius 1 is 0.484 bits per heavy atom. The Morgan fingerprint density at radius 3 is 1.19 bits per heavy atom. The van der Waals surface area contributed by atoms with Gasteiger partial charge in [-0.1, -0.05) is 163 Å². The number of nitrogens with zero attached hydrogens (tertiary/aromatic N) is 7. The number of nitrogens with one attached hydrogen (secondary N) is 5. The second-order valence-electron chi connectivity index (χ2n) is 30.9. The molecule has 0 bridgehead atoms. The van der Waals surface area contributed by atoms with Crippen LogP contribution in [-0.2, 0) is 47.7 Å². The van der Waals surface area contributed by atoms with Gasteiger partial charge < -0.3 is 65.3 Å². The first-order valence-electron chi connectivity index (χ1n) is 43.4. The number of Topliss-reactive ketones (excluding diaryl/α,β-unsaturated/α-hetero) is 4. The summed E-state index contributed by atoms with van der Waals surface area (Å²) in [5, 5.41) is 3.07. The molecule has 2 atom stereocenters. The predicted octanol–water partition coefficient (Wildman–Crippen LogP) is 13.7. The highest BCUT2D eigenvalue weighted by molar-refractivity contribution is 8.23. The van der Waals surface area contributed by atoms with Crippen molar-refractivity contribution in [2.45, 2.75) is 104 Å². The Hall–Kier alpha value is -11.9. The third-order valence-electron chi connectivity index (χ3n) is 22.9. The minimum atomic E-state index is -0.928. The predicted molar refractivity (Wildman–Crippen MR) is 503 cm³/mol. The van der Waals surface area contributed by atoms with Crippen molar-refractivity contribution in [3.8, 4) is 22.3 Å². The molecule has 0 radical (unpaired) electrons. The van der Waals surface area contributed by atoms with Crippen molar-refractivity contribution in [2.75, 3.05) is 161 Å². The summed E-state index contributed by atoms with van der Waals surface area (Å²) in [7, 11) is 0. The van der Waals surface area contributed by atoms with Gasteiger partial charge in [-0.15, -0.1) is 11.8 Å². The number of benzene rings is 8. The van der Waals surface area contributed by atoms with Crippen LogP contribution in [0.4, 0.5) is 52.5 Å². The second-order valence-corrected chi connectivity index (χ2v) is 33.5. The van der Waals surface area contributed by atoms with Gasteiger partial charge in [0.2, 0.25) is 11.8 Å². The van der Waals surface area contributed by atoms with E-state index in [9.17, 15) is 47.9 Å². The number of amides is 4. The molecule has 0 saturated carbocycles. The van der Waals surface area contributed by atoms with E-state index in [4.69, 9.17) is 49.1 Å². The molecule has 7 N–H and O–H groups in total. The maximum Gasteiger partial charge on any atom is 0.414 e. The first kappa shape index (κ1) is 96.7. The minimum absolute atomic E-state index is 0.0237. The van der Waals surface area contributed by atoms with Crippen LogP contribution in [0.15, 0.2) is 182 Å². The number of halogens is 2. The Balaban J connectivity index is 0.000000216. The average Bonchev–Trinajstić information content (AvgIpc) is 1.62. The quantitative estimate of drug-likeness (QED) is 0.00537. The number of nitrogens with two attached hydrogens (primary N) is 1. The number of esters is 2. The highest BCUT2D eigenvalue weighted by Gasteiger charge is 2.37. The lowest BCUT2D eigenvalue weighted by molar-refractivity contribution is -0.153. The lowest BCUT2D eigenvalue weighted by Crippen LogP contribution is -2.49. The topological polar surface area (TPSA) is 316 Å². The molecule has 32 heteroatoms. The standard InChI is InChI=1S/C44H45FN6O7S.C41H41FN6O7.C6H15N.C5H10S2/c1-2-41(59)46-24-31-26-51(44(56)58-31)30-15-16-38(37(45)23-30)49-19-21-50(22-20-49)42(54)18-17-39(52)28-11-13-29(14-12-28)48-47-25-40(53)43(55)57-27-36-34-9-5-3-7-32(34)33-8-4-6-10-35(33)36;42-35-21-28(48-24-29(22-43)55-41(48)53)13-14-36(35)46-17-19-47(20-18-46)39(51)16-15-37(49)26-9-11-27(12-10-26)45-44-23-38(50)40(52)54-25-34-32-7-3-1-5-30(32)31-6-2-4-8-33(31)34;1-4-7(5-2)6-3;1-3-5(6)7-4-2/h3-16,23,31,36,47-48H,2,17-22,24-27H2,1H3,(H,46,59);1-14,21,29,34,44-45H,15-20,22-25,43H2;4-6H2,1-3H3;3-4H2,1-2H3/t31-;29-;;/m00../s1. The zero-order chi connectivity index (χ0) is 91.3. The Morgan fingerprint density at radius 2 is 0.859 bits per heavy atom. The van der Waals surface area contributed by atoms with Crippen molar-refractivity contribution in [1.82, 2.24) is 30.9 Å². The van der Waals surface area contributed by atoms with E-state index in [0.717, 1.165) is 60.9 Å². The number of ketones is 4. The van der Waals surface area contributed by atoms with Gasteiger partial charge in [-0.2, -0.15) is 0 Å². The third kappa shape index (κ3) is 25.7. The lowest BCUT2D eigenvalue weighted by Gasteiger charge is -2.36. The minimum Gasteiger partial charge on any atom is -0.459 e. The summed E-state index contributed by atoms with van der Waals surface area (Å²) in [6.45, 7) is 20.0. The number of hydrogen-bond donors (Lipinski definition) is 6. The van der Waals surface area contributed by atoms with Crippen LogP contribution in [0, 0.1) is 11.6 Å². The maximum absolute atomic E-state index is 15.3. The molecule has 0 aromatic heterocycles. The summed E-state index contributed by atoms with van der Waals surface area (Å²) in [6, 6.07) is 54.1. The molecule has 0 unspecified atom stereocenters. The van der Waals surface area contributed by atoms with Crippen LogP contribution in [0.2, 0.25) is 0 Å². The molecule has 128 heavy (non-hydrogen) atoms. The van der Waals surface area contributed by atoms with Crippen molar-refractivity contribution in [2.24, 2.45) is 5.73 Å². The first-order chi connectivity index (χ1) is 61.9. The summed E-state index contributed by atoms with van der Waals surface area (Å²) < 4.78 is 53.0. The summed E-state index contributed by atoms with van der Waals surface area (Å²) in [5.41, 5.74) is 28.9. The van der Waals surface area contributed by atoms with Crippen LogP contribution in [-0.4, -0.2) is 225 Å². The summed E-state index contributed by atoms with van der Waals surface area (Å²) in [6.07, 6.45) is -0.0885. The number of anilines is 6. The van der Waals surface area contributed by atoms with Gasteiger partial charge in [-0.05, 0) is 168 Å². The monoisotopic (exact) mass is 1800 g/mol. The van der Waals surface area contributed by atoms with E-state index in [1.165, 1.54) is 41.6 Å². The van der Waals surface area contributed by atoms with E-state index in [1.54, 1.807) is 94.4 Å². The molecular formula is C96H111F2N13O14S3. The van der Waals surface area contributed by atoms with Crippen LogP contribution in [0.25, 0.3) is 22.3 Å². The van der Waals surface area contributed by atoms with Crippen molar-refractivity contribution in [1.29, 1.82) is 0 Å². The summed E-state index contributed by atoms with van der Waals surface area (Å²) in [5.74, 6) is -4.18. The number of carbonyl (C=O) groups excluding carboxylic acids is 10. The molecule has 2 aliphatic carbocycles. The maximum atomic E-state index is 15.3. The van der Waals surface area contributed by atoms with Gasteiger partial charge in [0.25, 0.3) is 11.6 Å². The highest BCUT2D eigenvalue weighted by atomic mass is 32.2. The summed E-state index contributed by atoms with van der Waals surface area (Å²) in [4.78, 5) is 139. The largest absolute Gasteiger partial charge is 0.459 e. The first-order valence-corrected chi connectivity index (χ1v) is 45.2. The number of carbonyl (C=O) groups is 10. The van der Waals surface area contributed by atoms with Crippen LogP contribution >= 0.6 is 36.2 Å². The average molecular weight is 1810 g/mol. The van der Waals surface area contributed by atoms with E-state index in [2.05, 4.69) is 66.5 Å². The molecule has 0 spiro atoms. The van der Waals surface area contributed by atoms with Gasteiger partial charge in [0.1, 0.15) is 37.1 Å². The normalized spacial score (nSPS) is 15.4.